The Kier molecular flexibility index (Phi) is 13.2. The average molecular weight is 855 g/mol. The van der Waals surface area contributed by atoms with Gasteiger partial charge in [0.05, 0.1) is 48.1 Å². The molecule has 6 fully saturated rings. The number of carbonyl (C=O) groups is 2. The molecule has 7 rings (SSSR count). The van der Waals surface area contributed by atoms with Crippen LogP contribution in [0.15, 0.2) is 11.6 Å². The second-order valence-electron chi connectivity index (χ2n) is 19.2. The lowest BCUT2D eigenvalue weighted by molar-refractivity contribution is -0.338. The Morgan fingerprint density at radius 1 is 0.733 bits per heavy atom. The van der Waals surface area contributed by atoms with Crippen molar-refractivity contribution in [3.8, 4) is 0 Å². The number of carbonyl (C=O) groups excluding carboxylic acids is 2. The Bertz CT molecular complexity index is 1610. The number of aliphatic hydroxyl groups excluding tert-OH is 1. The maximum atomic E-state index is 13.0. The van der Waals surface area contributed by atoms with E-state index >= 15 is 0 Å². The zero-order valence-corrected chi connectivity index (χ0v) is 37.0. The fourth-order valence-electron chi connectivity index (χ4n) is 12.6. The first-order valence-electron chi connectivity index (χ1n) is 21.9. The van der Waals surface area contributed by atoms with Gasteiger partial charge >= 0.3 is 5.97 Å². The summed E-state index contributed by atoms with van der Waals surface area (Å²) in [6.45, 7) is 11.9. The second-order valence-corrected chi connectivity index (χ2v) is 19.2. The van der Waals surface area contributed by atoms with Crippen molar-refractivity contribution in [3.05, 3.63) is 11.6 Å². The first kappa shape index (κ1) is 46.4. The predicted octanol–water partition coefficient (Wildman–Crippen LogP) is 3.01. The van der Waals surface area contributed by atoms with E-state index in [9.17, 15) is 30.0 Å². The van der Waals surface area contributed by atoms with E-state index in [1.165, 1.54) is 13.8 Å². The van der Waals surface area contributed by atoms with Gasteiger partial charge in [-0.1, -0.05) is 18.6 Å². The molecule has 0 aromatic rings. The predicted molar refractivity (Wildman–Crippen MR) is 211 cm³/mol. The minimum Gasteiger partial charge on any atom is -0.462 e. The number of aliphatic hydroxyl groups is 4. The molecule has 3 heterocycles. The van der Waals surface area contributed by atoms with E-state index in [1.807, 2.05) is 19.9 Å². The molecule has 0 aromatic heterocycles. The van der Waals surface area contributed by atoms with Crippen molar-refractivity contribution < 1.29 is 77.4 Å². The van der Waals surface area contributed by atoms with Gasteiger partial charge in [0.1, 0.15) is 41.2 Å². The van der Waals surface area contributed by atoms with Gasteiger partial charge in [-0.15, -0.1) is 0 Å². The fourth-order valence-corrected chi connectivity index (χ4v) is 12.6. The van der Waals surface area contributed by atoms with Crippen molar-refractivity contribution in [2.45, 2.75) is 215 Å². The highest BCUT2D eigenvalue weighted by molar-refractivity contribution is 5.87. The Balaban J connectivity index is 0.988. The summed E-state index contributed by atoms with van der Waals surface area (Å²) >= 11 is 0. The van der Waals surface area contributed by atoms with Crippen LogP contribution in [0.2, 0.25) is 0 Å². The van der Waals surface area contributed by atoms with Crippen molar-refractivity contribution in [2.24, 2.45) is 16.7 Å². The maximum absolute atomic E-state index is 13.0. The minimum absolute atomic E-state index is 0.0109. The summed E-state index contributed by atoms with van der Waals surface area (Å²) in [7, 11) is 4.84. The molecule has 3 saturated carbocycles. The molecule has 3 aliphatic heterocycles. The lowest BCUT2D eigenvalue weighted by Crippen LogP contribution is -2.78. The Labute approximate surface area is 353 Å². The minimum atomic E-state index is -1.97. The molecule has 0 aromatic carbocycles. The number of fused-ring (bicyclic) bond motifs is 5. The van der Waals surface area contributed by atoms with Crippen LogP contribution in [0.1, 0.15) is 113 Å². The summed E-state index contributed by atoms with van der Waals surface area (Å²) in [6, 6.07) is 0. The quantitative estimate of drug-likeness (QED) is 0.174. The van der Waals surface area contributed by atoms with Crippen molar-refractivity contribution >= 4 is 11.8 Å². The molecule has 0 amide bonds. The van der Waals surface area contributed by atoms with E-state index in [4.69, 9.17) is 47.4 Å². The Hall–Kier alpha value is -1.64. The molecule has 4 aliphatic carbocycles. The standard InChI is InChI=1S/C44H70O16/c1-22-37(47)29(51-8)18-35(54-22)59-39-24(3)56-36(20-31(39)53-10)60-38-23(2)55-34(19-30(38)52-9)58-28-12-13-40(6)27(17-28)11-14-43(49)32(40)21-33(57-26(5)46)41(7)42(48,25(4)45)15-16-44(41,43)50/h11,22-24,28-39,47-50H,12-21H2,1-10H3/t22-,23-,24-,28+,29-,30+,31-,32-,33?,34+,35+,36+,37-,38-,39-,40+,41-,42+,43+,44-/m1/s1. The van der Waals surface area contributed by atoms with Crippen LogP contribution in [-0.4, -0.2) is 156 Å². The van der Waals surface area contributed by atoms with E-state index in [0.29, 0.717) is 38.5 Å². The zero-order chi connectivity index (χ0) is 43.7. The van der Waals surface area contributed by atoms with Crippen LogP contribution in [0.3, 0.4) is 0 Å². The molecule has 0 radical (unpaired) electrons. The monoisotopic (exact) mass is 854 g/mol. The van der Waals surface area contributed by atoms with Gasteiger partial charge in [0, 0.05) is 53.4 Å². The molecule has 4 N–H and O–H groups in total. The van der Waals surface area contributed by atoms with E-state index in [1.54, 1.807) is 35.2 Å². The molecule has 0 bridgehead atoms. The first-order chi connectivity index (χ1) is 28.2. The zero-order valence-electron chi connectivity index (χ0n) is 37.0. The molecule has 342 valence electrons. The Morgan fingerprint density at radius 2 is 1.27 bits per heavy atom. The molecule has 3 saturated heterocycles. The summed E-state index contributed by atoms with van der Waals surface area (Å²) in [4.78, 5) is 25.5. The lowest BCUT2D eigenvalue weighted by atomic mass is 9.42. The molecule has 1 unspecified atom stereocenters. The number of methoxy groups -OCH3 is 3. The number of ether oxygens (including phenoxy) is 10. The van der Waals surface area contributed by atoms with Gasteiger partial charge in [0.25, 0.3) is 0 Å². The molecule has 60 heavy (non-hydrogen) atoms. The number of rotatable bonds is 11. The number of ketones is 1. The number of esters is 1. The van der Waals surface area contributed by atoms with Crippen LogP contribution in [0.25, 0.3) is 0 Å². The molecule has 16 nitrogen and oxygen atoms in total. The van der Waals surface area contributed by atoms with Gasteiger partial charge in [0.15, 0.2) is 24.7 Å². The van der Waals surface area contributed by atoms with Gasteiger partial charge in [-0.2, -0.15) is 0 Å². The molecular weight excluding hydrogens is 784 g/mol. The van der Waals surface area contributed by atoms with Gasteiger partial charge in [0.2, 0.25) is 0 Å². The average Bonchev–Trinajstić information content (AvgIpc) is 3.43. The third kappa shape index (κ3) is 7.44. The summed E-state index contributed by atoms with van der Waals surface area (Å²) in [5.74, 6) is -1.62. The largest absolute Gasteiger partial charge is 0.462 e. The summed E-state index contributed by atoms with van der Waals surface area (Å²) < 4.78 is 61.6. The molecular formula is C44H70O16. The van der Waals surface area contributed by atoms with E-state index in [-0.39, 0.29) is 44.0 Å². The lowest BCUT2D eigenvalue weighted by Gasteiger charge is -2.67. The van der Waals surface area contributed by atoms with Gasteiger partial charge in [-0.25, -0.2) is 0 Å². The van der Waals surface area contributed by atoms with Crippen LogP contribution in [0.5, 0.6) is 0 Å². The Morgan fingerprint density at radius 3 is 1.80 bits per heavy atom. The maximum Gasteiger partial charge on any atom is 0.302 e. The number of hydrogen-bond donors (Lipinski definition) is 4. The summed E-state index contributed by atoms with van der Waals surface area (Å²) in [6.07, 6.45) is -1.80. The highest BCUT2D eigenvalue weighted by atomic mass is 16.7. The molecule has 16 heteroatoms. The van der Waals surface area contributed by atoms with E-state index < -0.39 is 113 Å². The highest BCUT2D eigenvalue weighted by Gasteiger charge is 2.81. The van der Waals surface area contributed by atoms with Gasteiger partial charge in [-0.05, 0) is 85.0 Å². The van der Waals surface area contributed by atoms with Crippen molar-refractivity contribution in [2.75, 3.05) is 21.3 Å². The molecule has 7 aliphatic rings. The number of hydrogen-bond acceptors (Lipinski definition) is 16. The third-order valence-electron chi connectivity index (χ3n) is 16.2. The van der Waals surface area contributed by atoms with Crippen LogP contribution < -0.4 is 0 Å². The van der Waals surface area contributed by atoms with Crippen molar-refractivity contribution in [1.29, 1.82) is 0 Å². The van der Waals surface area contributed by atoms with Crippen LogP contribution >= 0.6 is 0 Å². The summed E-state index contributed by atoms with van der Waals surface area (Å²) in [5.41, 5.74) is -6.65. The molecule has 20 atom stereocenters. The normalized spacial score (nSPS) is 51.8. The van der Waals surface area contributed by atoms with Crippen LogP contribution in [0.4, 0.5) is 0 Å². The SMILES string of the molecule is CO[C@H]1C[C@H](O[C@H]2CC[C@@]3(C)C(=CC[C@]4(O)[C@@H]3CC(OC(C)=O)[C@@]3(C)[C@]4(O)CC[C@]3(O)C(C)=O)C2)O[C@H](C)[C@H]1O[C@H]1C[C@@H](OC)[C@H](O[C@H]2C[C@@H](OC)[C@H](O)[C@@H](C)O2)[C@@H](C)O1. The topological polar surface area (TPSA) is 207 Å². The summed E-state index contributed by atoms with van der Waals surface area (Å²) in [5, 5.41) is 47.6. The van der Waals surface area contributed by atoms with Gasteiger partial charge in [-0.3, -0.25) is 9.59 Å². The molecule has 0 spiro atoms. The van der Waals surface area contributed by atoms with Crippen molar-refractivity contribution in [3.63, 3.8) is 0 Å². The fraction of sp³-hybridized carbons (Fsp3) is 0.909. The van der Waals surface area contributed by atoms with E-state index in [2.05, 4.69) is 6.92 Å². The first-order valence-corrected chi connectivity index (χ1v) is 21.9. The highest BCUT2D eigenvalue weighted by Crippen LogP contribution is 2.71. The van der Waals surface area contributed by atoms with Crippen LogP contribution in [0, 0.1) is 16.7 Å². The second kappa shape index (κ2) is 17.1. The van der Waals surface area contributed by atoms with Crippen LogP contribution in [-0.2, 0) is 57.0 Å². The smallest absolute Gasteiger partial charge is 0.302 e. The number of Topliss-reactive ketones (excluding diaryl/α,β-unsaturated/α-hetero) is 1. The van der Waals surface area contributed by atoms with Crippen molar-refractivity contribution in [1.82, 2.24) is 0 Å². The van der Waals surface area contributed by atoms with Gasteiger partial charge < -0.3 is 67.8 Å². The third-order valence-corrected chi connectivity index (χ3v) is 16.2. The van der Waals surface area contributed by atoms with E-state index in [0.717, 1.165) is 5.57 Å².